The molecule has 0 aromatic carbocycles. The molecule has 1 unspecified atom stereocenters. The summed E-state index contributed by atoms with van der Waals surface area (Å²) in [5.41, 5.74) is 1.86. The van der Waals surface area contributed by atoms with Crippen LogP contribution < -0.4 is 5.32 Å². The number of carbonyl (C=O) groups is 2. The molecular formula is C15H19F3N4O3. The number of alkyl halides is 3. The van der Waals surface area contributed by atoms with Crippen molar-refractivity contribution in [3.05, 3.63) is 17.5 Å². The van der Waals surface area contributed by atoms with E-state index in [1.54, 1.807) is 17.9 Å². The summed E-state index contributed by atoms with van der Waals surface area (Å²) in [5, 5.41) is 15.9. The Bertz CT molecular complexity index is 688. The van der Waals surface area contributed by atoms with Crippen LogP contribution in [-0.2, 0) is 18.3 Å². The number of amides is 2. The van der Waals surface area contributed by atoms with E-state index in [2.05, 4.69) is 10.4 Å². The molecule has 0 saturated carbocycles. The SMILES string of the molecule is Cn1ncc2c1CCCC2NC(=O)N1C[C@@H](C(F)(F)F)[C@H](C(=O)O)C1. The van der Waals surface area contributed by atoms with Crippen molar-refractivity contribution < 1.29 is 27.9 Å². The van der Waals surface area contributed by atoms with Gasteiger partial charge in [0.1, 0.15) is 0 Å². The molecule has 1 fully saturated rings. The van der Waals surface area contributed by atoms with Crippen molar-refractivity contribution in [2.45, 2.75) is 31.5 Å². The molecule has 3 atom stereocenters. The molecule has 7 nitrogen and oxygen atoms in total. The van der Waals surface area contributed by atoms with E-state index in [1.165, 1.54) is 0 Å². The van der Waals surface area contributed by atoms with Crippen LogP contribution in [0, 0.1) is 11.8 Å². The zero-order valence-corrected chi connectivity index (χ0v) is 13.6. The Morgan fingerprint density at radius 3 is 2.68 bits per heavy atom. The molecular weight excluding hydrogens is 341 g/mol. The number of aryl methyl sites for hydroxylation is 1. The standard InChI is InChI=1S/C15H19F3N4O3/c1-21-12-4-2-3-11(8(12)5-19-21)20-14(25)22-6-9(13(23)24)10(7-22)15(16,17)18/h5,9-11H,2-4,6-7H2,1H3,(H,20,25)(H,23,24)/t9-,10-,11?/m1/s1. The van der Waals surface area contributed by atoms with Crippen LogP contribution in [0.25, 0.3) is 0 Å². The van der Waals surface area contributed by atoms with Crippen LogP contribution in [0.4, 0.5) is 18.0 Å². The zero-order valence-electron chi connectivity index (χ0n) is 13.6. The van der Waals surface area contributed by atoms with Crippen LogP contribution in [0.3, 0.4) is 0 Å². The van der Waals surface area contributed by atoms with Crippen LogP contribution in [0.2, 0.25) is 0 Å². The van der Waals surface area contributed by atoms with Crippen LogP contribution in [0.5, 0.6) is 0 Å². The normalized spacial score (nSPS) is 26.4. The molecule has 2 aliphatic rings. The van der Waals surface area contributed by atoms with Crippen molar-refractivity contribution in [1.82, 2.24) is 20.0 Å². The van der Waals surface area contributed by atoms with Gasteiger partial charge in [-0.15, -0.1) is 0 Å². The molecule has 2 amide bonds. The van der Waals surface area contributed by atoms with Crippen molar-refractivity contribution in [3.8, 4) is 0 Å². The number of urea groups is 1. The zero-order chi connectivity index (χ0) is 18.4. The number of aliphatic carboxylic acids is 1. The van der Waals surface area contributed by atoms with Crippen molar-refractivity contribution in [3.63, 3.8) is 0 Å². The molecule has 1 aliphatic heterocycles. The minimum atomic E-state index is -4.65. The highest BCUT2D eigenvalue weighted by Crippen LogP contribution is 2.38. The van der Waals surface area contributed by atoms with E-state index in [0.29, 0.717) is 6.42 Å². The lowest BCUT2D eigenvalue weighted by atomic mass is 9.93. The quantitative estimate of drug-likeness (QED) is 0.840. The predicted octanol–water partition coefficient (Wildman–Crippen LogP) is 1.70. The first-order valence-electron chi connectivity index (χ1n) is 8.04. The number of carboxylic acids is 1. The summed E-state index contributed by atoms with van der Waals surface area (Å²) in [6.45, 7) is -1.09. The molecule has 138 valence electrons. The van der Waals surface area contributed by atoms with E-state index < -0.39 is 43.1 Å². The van der Waals surface area contributed by atoms with Gasteiger partial charge in [-0.2, -0.15) is 18.3 Å². The molecule has 2 heterocycles. The van der Waals surface area contributed by atoms with Gasteiger partial charge in [0.25, 0.3) is 0 Å². The number of carbonyl (C=O) groups excluding carboxylic acids is 1. The first kappa shape index (κ1) is 17.6. The average Bonchev–Trinajstić information content (AvgIpc) is 3.12. The van der Waals surface area contributed by atoms with E-state index in [1.807, 2.05) is 0 Å². The van der Waals surface area contributed by atoms with Gasteiger partial charge in [0, 0.05) is 31.4 Å². The number of halogens is 3. The number of aromatic nitrogens is 2. The monoisotopic (exact) mass is 360 g/mol. The molecule has 0 radical (unpaired) electrons. The highest BCUT2D eigenvalue weighted by molar-refractivity contribution is 5.78. The molecule has 25 heavy (non-hydrogen) atoms. The fraction of sp³-hybridized carbons (Fsp3) is 0.667. The fourth-order valence-electron chi connectivity index (χ4n) is 3.65. The van der Waals surface area contributed by atoms with Crippen LogP contribution in [0.1, 0.15) is 30.1 Å². The first-order valence-corrected chi connectivity index (χ1v) is 8.04. The van der Waals surface area contributed by atoms with Crippen LogP contribution >= 0.6 is 0 Å². The first-order chi connectivity index (χ1) is 11.7. The smallest absolute Gasteiger partial charge is 0.394 e. The lowest BCUT2D eigenvalue weighted by Gasteiger charge is -2.26. The Balaban J connectivity index is 1.71. The molecule has 1 aromatic heterocycles. The summed E-state index contributed by atoms with van der Waals surface area (Å²) >= 11 is 0. The lowest BCUT2D eigenvalue weighted by molar-refractivity contribution is -0.187. The van der Waals surface area contributed by atoms with Gasteiger partial charge in [0.05, 0.1) is 24.1 Å². The summed E-state index contributed by atoms with van der Waals surface area (Å²) in [5.74, 6) is -5.22. The van der Waals surface area contributed by atoms with Crippen LogP contribution in [-0.4, -0.2) is 51.1 Å². The Morgan fingerprint density at radius 2 is 2.08 bits per heavy atom. The van der Waals surface area contributed by atoms with Crippen LogP contribution in [0.15, 0.2) is 6.20 Å². The number of nitrogens with one attached hydrogen (secondary N) is 1. The molecule has 1 aromatic rings. The minimum absolute atomic E-state index is 0.321. The highest BCUT2D eigenvalue weighted by atomic mass is 19.4. The second-order valence-corrected chi connectivity index (χ2v) is 6.56. The topological polar surface area (TPSA) is 87.5 Å². The largest absolute Gasteiger partial charge is 0.481 e. The molecule has 0 spiro atoms. The number of hydrogen-bond donors (Lipinski definition) is 2. The molecule has 1 saturated heterocycles. The maximum absolute atomic E-state index is 13.0. The van der Waals surface area contributed by atoms with Gasteiger partial charge in [-0.05, 0) is 19.3 Å². The Morgan fingerprint density at radius 1 is 1.36 bits per heavy atom. The second kappa shape index (κ2) is 6.23. The van der Waals surface area contributed by atoms with Gasteiger partial charge in [-0.25, -0.2) is 4.79 Å². The Labute approximate surface area is 141 Å². The number of nitrogens with zero attached hydrogens (tertiary/aromatic N) is 3. The number of hydrogen-bond acceptors (Lipinski definition) is 3. The van der Waals surface area contributed by atoms with Crippen molar-refractivity contribution in [2.24, 2.45) is 18.9 Å². The molecule has 1 aliphatic carbocycles. The summed E-state index contributed by atoms with van der Waals surface area (Å²) in [6, 6.07) is -0.988. The number of likely N-dealkylation sites (tertiary alicyclic amines) is 1. The third-order valence-electron chi connectivity index (χ3n) is 5.02. The fourth-order valence-corrected chi connectivity index (χ4v) is 3.65. The van der Waals surface area contributed by atoms with Gasteiger partial charge in [0.2, 0.25) is 0 Å². The summed E-state index contributed by atoms with van der Waals surface area (Å²) in [6.07, 6.45) is -0.662. The predicted molar refractivity (Wildman–Crippen MR) is 79.7 cm³/mol. The third-order valence-corrected chi connectivity index (χ3v) is 5.02. The summed E-state index contributed by atoms with van der Waals surface area (Å²) < 4.78 is 40.8. The highest BCUT2D eigenvalue weighted by Gasteiger charge is 2.53. The van der Waals surface area contributed by atoms with Gasteiger partial charge >= 0.3 is 18.2 Å². The Hall–Kier alpha value is -2.26. The van der Waals surface area contributed by atoms with Gasteiger partial charge in [0.15, 0.2) is 0 Å². The van der Waals surface area contributed by atoms with Gasteiger partial charge in [-0.1, -0.05) is 0 Å². The third kappa shape index (κ3) is 3.29. The molecule has 0 bridgehead atoms. The van der Waals surface area contributed by atoms with E-state index in [9.17, 15) is 22.8 Å². The Kier molecular flexibility index (Phi) is 4.38. The van der Waals surface area contributed by atoms with Crippen molar-refractivity contribution in [1.29, 1.82) is 0 Å². The minimum Gasteiger partial charge on any atom is -0.481 e. The second-order valence-electron chi connectivity index (χ2n) is 6.56. The number of rotatable bonds is 2. The summed E-state index contributed by atoms with van der Waals surface area (Å²) in [4.78, 5) is 24.5. The average molecular weight is 360 g/mol. The maximum Gasteiger partial charge on any atom is 0.394 e. The van der Waals surface area contributed by atoms with E-state index in [4.69, 9.17) is 5.11 Å². The molecule has 2 N–H and O–H groups in total. The maximum atomic E-state index is 13.0. The lowest BCUT2D eigenvalue weighted by Crippen LogP contribution is -2.42. The van der Waals surface area contributed by atoms with Gasteiger partial charge < -0.3 is 15.3 Å². The van der Waals surface area contributed by atoms with Gasteiger partial charge in [-0.3, -0.25) is 9.48 Å². The molecule has 3 rings (SSSR count). The van der Waals surface area contributed by atoms with Crippen molar-refractivity contribution >= 4 is 12.0 Å². The number of fused-ring (bicyclic) bond motifs is 1. The van der Waals surface area contributed by atoms with Crippen molar-refractivity contribution in [2.75, 3.05) is 13.1 Å². The van der Waals surface area contributed by atoms with E-state index >= 15 is 0 Å². The summed E-state index contributed by atoms with van der Waals surface area (Å²) in [7, 11) is 1.80. The van der Waals surface area contributed by atoms with E-state index in [-0.39, 0.29) is 6.04 Å². The number of carboxylic acid groups (broad SMARTS) is 1. The van der Waals surface area contributed by atoms with E-state index in [0.717, 1.165) is 29.0 Å². The molecule has 10 heteroatoms.